The van der Waals surface area contributed by atoms with Gasteiger partial charge in [-0.2, -0.15) is 0 Å². The SMILES string of the molecule is CCc1ccc(C2CNCCN2C(=O)c2[nH]c(C)c(C(C)=O)c2C)cc1. The maximum atomic E-state index is 13.3. The number of piperazine rings is 1. The molecule has 1 unspecified atom stereocenters. The molecule has 26 heavy (non-hydrogen) atoms. The molecule has 0 bridgehead atoms. The van der Waals surface area contributed by atoms with Crippen LogP contribution >= 0.6 is 0 Å². The standard InChI is InChI=1S/C21H27N3O2/c1-5-16-6-8-17(9-7-16)18-12-22-10-11-24(18)21(26)20-13(2)19(15(4)25)14(3)23-20/h6-9,18,22-23H,5,10-12H2,1-4H3. The lowest BCUT2D eigenvalue weighted by Crippen LogP contribution is -2.49. The number of carbonyl (C=O) groups excluding carboxylic acids is 2. The molecule has 0 aliphatic carbocycles. The van der Waals surface area contributed by atoms with Crippen molar-refractivity contribution < 1.29 is 9.59 Å². The van der Waals surface area contributed by atoms with Crippen LogP contribution in [-0.4, -0.2) is 41.2 Å². The van der Waals surface area contributed by atoms with Crippen LogP contribution in [0, 0.1) is 13.8 Å². The molecule has 5 heteroatoms. The zero-order chi connectivity index (χ0) is 18.8. The van der Waals surface area contributed by atoms with Crippen LogP contribution < -0.4 is 5.32 Å². The summed E-state index contributed by atoms with van der Waals surface area (Å²) in [7, 11) is 0. The molecule has 3 rings (SSSR count). The lowest BCUT2D eigenvalue weighted by atomic mass is 10.00. The average molecular weight is 353 g/mol. The third-order valence-electron chi connectivity index (χ3n) is 5.28. The summed E-state index contributed by atoms with van der Waals surface area (Å²) < 4.78 is 0. The fourth-order valence-corrected chi connectivity index (χ4v) is 3.86. The Morgan fingerprint density at radius 2 is 1.88 bits per heavy atom. The topological polar surface area (TPSA) is 65.2 Å². The highest BCUT2D eigenvalue weighted by molar-refractivity contribution is 6.02. The lowest BCUT2D eigenvalue weighted by molar-refractivity contribution is 0.0628. The number of ketones is 1. The summed E-state index contributed by atoms with van der Waals surface area (Å²) in [4.78, 5) is 30.2. The first-order valence-electron chi connectivity index (χ1n) is 9.24. The van der Waals surface area contributed by atoms with E-state index in [1.807, 2.05) is 18.7 Å². The molecule has 1 atom stereocenters. The molecule has 0 spiro atoms. The highest BCUT2D eigenvalue weighted by Gasteiger charge is 2.31. The smallest absolute Gasteiger partial charge is 0.271 e. The van der Waals surface area contributed by atoms with Crippen molar-refractivity contribution in [1.29, 1.82) is 0 Å². The number of Topliss-reactive ketones (excluding diaryl/α,β-unsaturated/α-hetero) is 1. The first-order valence-corrected chi connectivity index (χ1v) is 9.24. The zero-order valence-electron chi connectivity index (χ0n) is 16.0. The maximum Gasteiger partial charge on any atom is 0.271 e. The molecular formula is C21H27N3O2. The van der Waals surface area contributed by atoms with Crippen molar-refractivity contribution in [3.8, 4) is 0 Å². The van der Waals surface area contributed by atoms with Gasteiger partial charge in [0.15, 0.2) is 5.78 Å². The number of amides is 1. The monoisotopic (exact) mass is 353 g/mol. The summed E-state index contributed by atoms with van der Waals surface area (Å²) in [5.74, 6) is -0.0496. The molecule has 0 saturated carbocycles. The van der Waals surface area contributed by atoms with Crippen molar-refractivity contribution in [3.63, 3.8) is 0 Å². The van der Waals surface area contributed by atoms with E-state index in [1.165, 1.54) is 5.56 Å². The summed E-state index contributed by atoms with van der Waals surface area (Å²) in [5.41, 5.74) is 5.10. The number of aromatic amines is 1. The van der Waals surface area contributed by atoms with E-state index >= 15 is 0 Å². The molecule has 1 aromatic carbocycles. The third kappa shape index (κ3) is 3.31. The minimum Gasteiger partial charge on any atom is -0.354 e. The number of aryl methyl sites for hydroxylation is 2. The zero-order valence-corrected chi connectivity index (χ0v) is 16.0. The summed E-state index contributed by atoms with van der Waals surface area (Å²) in [6.07, 6.45) is 1.00. The van der Waals surface area contributed by atoms with Gasteiger partial charge in [-0.3, -0.25) is 9.59 Å². The number of aromatic nitrogens is 1. The van der Waals surface area contributed by atoms with Crippen molar-refractivity contribution in [3.05, 3.63) is 57.9 Å². The summed E-state index contributed by atoms with van der Waals surface area (Å²) in [6.45, 7) is 9.52. The molecule has 2 heterocycles. The van der Waals surface area contributed by atoms with E-state index < -0.39 is 0 Å². The van der Waals surface area contributed by atoms with Crippen molar-refractivity contribution >= 4 is 11.7 Å². The number of benzene rings is 1. The van der Waals surface area contributed by atoms with E-state index in [0.717, 1.165) is 36.3 Å². The number of hydrogen-bond acceptors (Lipinski definition) is 3. The van der Waals surface area contributed by atoms with Gasteiger partial charge in [0.25, 0.3) is 5.91 Å². The van der Waals surface area contributed by atoms with E-state index in [9.17, 15) is 9.59 Å². The molecule has 1 aliphatic heterocycles. The second kappa shape index (κ2) is 7.46. The minimum atomic E-state index is -0.0378. The molecule has 1 amide bonds. The Hall–Kier alpha value is -2.40. The number of hydrogen-bond donors (Lipinski definition) is 2. The second-order valence-corrected chi connectivity index (χ2v) is 6.99. The molecule has 138 valence electrons. The Morgan fingerprint density at radius 3 is 2.46 bits per heavy atom. The van der Waals surface area contributed by atoms with E-state index in [-0.39, 0.29) is 17.7 Å². The number of nitrogens with zero attached hydrogens (tertiary/aromatic N) is 1. The Labute approximate surface area is 154 Å². The van der Waals surface area contributed by atoms with Crippen LogP contribution in [-0.2, 0) is 6.42 Å². The van der Waals surface area contributed by atoms with Gasteiger partial charge >= 0.3 is 0 Å². The van der Waals surface area contributed by atoms with Crippen LogP contribution in [0.25, 0.3) is 0 Å². The predicted octanol–water partition coefficient (Wildman–Crippen LogP) is 3.18. The highest BCUT2D eigenvalue weighted by atomic mass is 16.2. The van der Waals surface area contributed by atoms with Gasteiger partial charge in [0, 0.05) is 30.9 Å². The largest absolute Gasteiger partial charge is 0.354 e. The Balaban J connectivity index is 1.93. The molecule has 2 N–H and O–H groups in total. The van der Waals surface area contributed by atoms with Crippen LogP contribution in [0.4, 0.5) is 0 Å². The van der Waals surface area contributed by atoms with Gasteiger partial charge in [-0.15, -0.1) is 0 Å². The van der Waals surface area contributed by atoms with Crippen molar-refractivity contribution in [1.82, 2.24) is 15.2 Å². The number of nitrogens with one attached hydrogen (secondary N) is 2. The van der Waals surface area contributed by atoms with Crippen LogP contribution in [0.1, 0.15) is 63.1 Å². The van der Waals surface area contributed by atoms with E-state index in [0.29, 0.717) is 17.8 Å². The first kappa shape index (κ1) is 18.4. The van der Waals surface area contributed by atoms with Crippen LogP contribution in [0.3, 0.4) is 0 Å². The quantitative estimate of drug-likeness (QED) is 0.830. The fraction of sp³-hybridized carbons (Fsp3) is 0.429. The fourth-order valence-electron chi connectivity index (χ4n) is 3.86. The van der Waals surface area contributed by atoms with Crippen LogP contribution in [0.2, 0.25) is 0 Å². The third-order valence-corrected chi connectivity index (χ3v) is 5.28. The summed E-state index contributed by atoms with van der Waals surface area (Å²) in [6, 6.07) is 8.48. The molecular weight excluding hydrogens is 326 g/mol. The van der Waals surface area contributed by atoms with Gasteiger partial charge in [0.1, 0.15) is 5.69 Å². The lowest BCUT2D eigenvalue weighted by Gasteiger charge is -2.36. The normalized spacial score (nSPS) is 17.4. The average Bonchev–Trinajstić information content (AvgIpc) is 2.95. The van der Waals surface area contributed by atoms with Gasteiger partial charge in [-0.1, -0.05) is 31.2 Å². The molecule has 1 aliphatic rings. The molecule has 1 aromatic heterocycles. The molecule has 1 saturated heterocycles. The van der Waals surface area contributed by atoms with Gasteiger partial charge in [-0.05, 0) is 43.9 Å². The van der Waals surface area contributed by atoms with Crippen LogP contribution in [0.15, 0.2) is 24.3 Å². The predicted molar refractivity (Wildman–Crippen MR) is 103 cm³/mol. The minimum absolute atomic E-state index is 0.00839. The van der Waals surface area contributed by atoms with Crippen molar-refractivity contribution in [2.45, 2.75) is 40.2 Å². The maximum absolute atomic E-state index is 13.3. The summed E-state index contributed by atoms with van der Waals surface area (Å²) in [5, 5.41) is 3.39. The molecule has 1 fully saturated rings. The van der Waals surface area contributed by atoms with Crippen LogP contribution in [0.5, 0.6) is 0 Å². The van der Waals surface area contributed by atoms with E-state index in [1.54, 1.807) is 6.92 Å². The molecule has 5 nitrogen and oxygen atoms in total. The molecule has 2 aromatic rings. The van der Waals surface area contributed by atoms with Gasteiger partial charge in [0.05, 0.1) is 6.04 Å². The number of carbonyl (C=O) groups is 2. The van der Waals surface area contributed by atoms with E-state index in [2.05, 4.69) is 41.5 Å². The van der Waals surface area contributed by atoms with Crippen molar-refractivity contribution in [2.75, 3.05) is 19.6 Å². The van der Waals surface area contributed by atoms with Crippen molar-refractivity contribution in [2.24, 2.45) is 0 Å². The van der Waals surface area contributed by atoms with Gasteiger partial charge < -0.3 is 15.2 Å². The van der Waals surface area contributed by atoms with Gasteiger partial charge in [0.2, 0.25) is 0 Å². The van der Waals surface area contributed by atoms with E-state index in [4.69, 9.17) is 0 Å². The van der Waals surface area contributed by atoms with Gasteiger partial charge in [-0.25, -0.2) is 0 Å². The summed E-state index contributed by atoms with van der Waals surface area (Å²) >= 11 is 0. The first-order chi connectivity index (χ1) is 12.4. The Morgan fingerprint density at radius 1 is 1.19 bits per heavy atom. The molecule has 0 radical (unpaired) electrons. The number of rotatable bonds is 4. The Bertz CT molecular complexity index is 821. The Kier molecular flexibility index (Phi) is 5.28. The highest BCUT2D eigenvalue weighted by Crippen LogP contribution is 2.27. The number of H-pyrrole nitrogens is 1. The second-order valence-electron chi connectivity index (χ2n) is 6.99.